The highest BCUT2D eigenvalue weighted by atomic mass is 14.1. The second-order valence-corrected chi connectivity index (χ2v) is 4.65. The number of hydrogen-bond acceptors (Lipinski definition) is 0. The maximum atomic E-state index is 2.24. The van der Waals surface area contributed by atoms with E-state index in [0.717, 1.165) is 0 Å². The van der Waals surface area contributed by atoms with E-state index in [4.69, 9.17) is 0 Å². The molecule has 0 heteroatoms. The summed E-state index contributed by atoms with van der Waals surface area (Å²) in [6.45, 7) is 8.52. The molecule has 0 radical (unpaired) electrons. The van der Waals surface area contributed by atoms with Crippen LogP contribution in [0.1, 0.15) is 36.1 Å². The van der Waals surface area contributed by atoms with Gasteiger partial charge in [0, 0.05) is 0 Å². The molecule has 0 aliphatic rings. The van der Waals surface area contributed by atoms with E-state index in [-0.39, 0.29) is 0 Å². The van der Waals surface area contributed by atoms with Crippen molar-refractivity contribution in [2.24, 2.45) is 0 Å². The lowest BCUT2D eigenvalue weighted by molar-refractivity contribution is 1.44. The van der Waals surface area contributed by atoms with Crippen molar-refractivity contribution in [3.8, 4) is 0 Å². The van der Waals surface area contributed by atoms with E-state index in [9.17, 15) is 0 Å². The van der Waals surface area contributed by atoms with Crippen LogP contribution in [0.3, 0.4) is 0 Å². The zero-order valence-electron chi connectivity index (χ0n) is 11.6. The number of benzene rings is 2. The Balaban J connectivity index is 2.75. The van der Waals surface area contributed by atoms with E-state index >= 15 is 0 Å². The lowest BCUT2D eigenvalue weighted by Gasteiger charge is -2.11. The molecule has 0 heterocycles. The standard InChI is InChI=1S/C18H20/c1-5-7-15-9-11-18-14(4)16(8-6-2)10-12-17(18)13(15)3/h5-12H,1-4H3/b7-5-,8-6?. The number of rotatable bonds is 2. The Morgan fingerprint density at radius 3 is 1.39 bits per heavy atom. The van der Waals surface area contributed by atoms with Gasteiger partial charge in [-0.05, 0) is 60.7 Å². The molecule has 92 valence electrons. The molecular weight excluding hydrogens is 216 g/mol. The van der Waals surface area contributed by atoms with E-state index in [1.807, 2.05) is 0 Å². The predicted octanol–water partition coefficient (Wildman–Crippen LogP) is 5.52. The summed E-state index contributed by atoms with van der Waals surface area (Å²) in [5.74, 6) is 0. The molecule has 0 fully saturated rings. The molecule has 0 saturated carbocycles. The van der Waals surface area contributed by atoms with Crippen LogP contribution in [-0.2, 0) is 0 Å². The highest BCUT2D eigenvalue weighted by Crippen LogP contribution is 2.28. The number of allylic oxidation sites excluding steroid dienone is 2. The minimum atomic E-state index is 1.31. The molecule has 18 heavy (non-hydrogen) atoms. The Bertz CT molecular complexity index is 571. The van der Waals surface area contributed by atoms with Gasteiger partial charge in [-0.1, -0.05) is 48.6 Å². The molecule has 0 unspecified atom stereocenters. The van der Waals surface area contributed by atoms with Gasteiger partial charge in [0.25, 0.3) is 0 Å². The average molecular weight is 236 g/mol. The molecule has 0 aliphatic heterocycles. The van der Waals surface area contributed by atoms with Gasteiger partial charge in [0.1, 0.15) is 0 Å². The molecule has 2 rings (SSSR count). The first-order valence-corrected chi connectivity index (χ1v) is 6.47. The van der Waals surface area contributed by atoms with Gasteiger partial charge in [-0.2, -0.15) is 0 Å². The topological polar surface area (TPSA) is 0 Å². The van der Waals surface area contributed by atoms with E-state index in [2.05, 4.69) is 76.3 Å². The van der Waals surface area contributed by atoms with E-state index < -0.39 is 0 Å². The molecule has 2 aromatic carbocycles. The molecule has 0 aromatic heterocycles. The quantitative estimate of drug-likeness (QED) is 0.643. The summed E-state index contributed by atoms with van der Waals surface area (Å²) < 4.78 is 0. The van der Waals surface area contributed by atoms with Crippen LogP contribution in [0.25, 0.3) is 22.9 Å². The normalized spacial score (nSPS) is 12.0. The third kappa shape index (κ3) is 2.11. The Hall–Kier alpha value is -1.82. The molecule has 0 nitrogen and oxygen atoms in total. The Labute approximate surface area is 110 Å². The summed E-state index contributed by atoms with van der Waals surface area (Å²) in [7, 11) is 0. The number of hydrogen-bond donors (Lipinski definition) is 0. The molecule has 0 saturated heterocycles. The van der Waals surface area contributed by atoms with Gasteiger partial charge in [-0.3, -0.25) is 0 Å². The van der Waals surface area contributed by atoms with Crippen LogP contribution in [0.5, 0.6) is 0 Å². The molecule has 0 spiro atoms. The number of aryl methyl sites for hydroxylation is 2. The summed E-state index contributed by atoms with van der Waals surface area (Å²) in [5, 5.41) is 2.72. The third-order valence-corrected chi connectivity index (χ3v) is 3.52. The summed E-state index contributed by atoms with van der Waals surface area (Å²) in [5.41, 5.74) is 5.34. The van der Waals surface area contributed by atoms with Crippen molar-refractivity contribution < 1.29 is 0 Å². The molecule has 0 bridgehead atoms. The minimum Gasteiger partial charge on any atom is -0.0871 e. The van der Waals surface area contributed by atoms with Crippen LogP contribution < -0.4 is 0 Å². The van der Waals surface area contributed by atoms with Gasteiger partial charge < -0.3 is 0 Å². The molecule has 0 atom stereocenters. The SMILES string of the molecule is CC=Cc1ccc2c(C)c(/C=C\C)ccc2c1C. The van der Waals surface area contributed by atoms with Gasteiger partial charge in [0.05, 0.1) is 0 Å². The summed E-state index contributed by atoms with van der Waals surface area (Å²) in [6, 6.07) is 8.90. The van der Waals surface area contributed by atoms with Gasteiger partial charge in [-0.25, -0.2) is 0 Å². The monoisotopic (exact) mass is 236 g/mol. The Kier molecular flexibility index (Phi) is 3.66. The molecule has 0 N–H and O–H groups in total. The molecule has 0 amide bonds. The van der Waals surface area contributed by atoms with Crippen LogP contribution in [0.2, 0.25) is 0 Å². The van der Waals surface area contributed by atoms with Crippen LogP contribution in [0, 0.1) is 13.8 Å². The van der Waals surface area contributed by atoms with Crippen molar-refractivity contribution >= 4 is 22.9 Å². The van der Waals surface area contributed by atoms with Gasteiger partial charge in [0.15, 0.2) is 0 Å². The highest BCUT2D eigenvalue weighted by molar-refractivity contribution is 5.93. The van der Waals surface area contributed by atoms with Gasteiger partial charge in [0.2, 0.25) is 0 Å². The summed E-state index contributed by atoms with van der Waals surface area (Å²) >= 11 is 0. The van der Waals surface area contributed by atoms with E-state index in [1.165, 1.54) is 33.0 Å². The molecule has 0 aliphatic carbocycles. The van der Waals surface area contributed by atoms with E-state index in [1.54, 1.807) is 0 Å². The smallest absolute Gasteiger partial charge is 0.0146 e. The zero-order chi connectivity index (χ0) is 13.1. The van der Waals surface area contributed by atoms with Crippen molar-refractivity contribution in [3.63, 3.8) is 0 Å². The zero-order valence-corrected chi connectivity index (χ0v) is 11.6. The van der Waals surface area contributed by atoms with Crippen molar-refractivity contribution in [1.82, 2.24) is 0 Å². The fourth-order valence-electron chi connectivity index (χ4n) is 2.46. The minimum absolute atomic E-state index is 1.31. The lowest BCUT2D eigenvalue weighted by atomic mass is 9.94. The third-order valence-electron chi connectivity index (χ3n) is 3.52. The van der Waals surface area contributed by atoms with E-state index in [0.29, 0.717) is 0 Å². The maximum Gasteiger partial charge on any atom is -0.0146 e. The lowest BCUT2D eigenvalue weighted by Crippen LogP contribution is -1.89. The fourth-order valence-corrected chi connectivity index (χ4v) is 2.46. The van der Waals surface area contributed by atoms with Gasteiger partial charge in [-0.15, -0.1) is 0 Å². The fraction of sp³-hybridized carbons (Fsp3) is 0.222. The number of fused-ring (bicyclic) bond motifs is 1. The first kappa shape index (κ1) is 12.6. The average Bonchev–Trinajstić information content (AvgIpc) is 2.37. The van der Waals surface area contributed by atoms with Crippen LogP contribution in [-0.4, -0.2) is 0 Å². The highest BCUT2D eigenvalue weighted by Gasteiger charge is 2.05. The van der Waals surface area contributed by atoms with Crippen LogP contribution in [0.4, 0.5) is 0 Å². The second-order valence-electron chi connectivity index (χ2n) is 4.65. The second kappa shape index (κ2) is 5.22. The van der Waals surface area contributed by atoms with Crippen molar-refractivity contribution in [2.45, 2.75) is 27.7 Å². The predicted molar refractivity (Wildman–Crippen MR) is 82.8 cm³/mol. The van der Waals surface area contributed by atoms with Crippen LogP contribution >= 0.6 is 0 Å². The van der Waals surface area contributed by atoms with Crippen molar-refractivity contribution in [3.05, 3.63) is 58.7 Å². The molecule has 2 aromatic rings. The molecular formula is C18H20. The first-order chi connectivity index (χ1) is 8.69. The summed E-state index contributed by atoms with van der Waals surface area (Å²) in [6.07, 6.45) is 8.53. The Morgan fingerprint density at radius 2 is 1.06 bits per heavy atom. The van der Waals surface area contributed by atoms with Crippen molar-refractivity contribution in [2.75, 3.05) is 0 Å². The van der Waals surface area contributed by atoms with Crippen LogP contribution in [0.15, 0.2) is 36.4 Å². The maximum absolute atomic E-state index is 2.24. The largest absolute Gasteiger partial charge is 0.0871 e. The summed E-state index contributed by atoms with van der Waals surface area (Å²) in [4.78, 5) is 0. The Morgan fingerprint density at radius 1 is 0.667 bits per heavy atom. The first-order valence-electron chi connectivity index (χ1n) is 6.47. The van der Waals surface area contributed by atoms with Gasteiger partial charge >= 0.3 is 0 Å². The van der Waals surface area contributed by atoms with Crippen molar-refractivity contribution in [1.29, 1.82) is 0 Å².